The van der Waals surface area contributed by atoms with Crippen molar-refractivity contribution >= 4 is 39.8 Å². The Morgan fingerprint density at radius 3 is 2.41 bits per heavy atom. The lowest BCUT2D eigenvalue weighted by Crippen LogP contribution is -2.39. The molecule has 0 fully saturated rings. The van der Waals surface area contributed by atoms with Crippen LogP contribution in [0.15, 0.2) is 52.4 Å². The lowest BCUT2D eigenvalue weighted by Gasteiger charge is -2.17. The Morgan fingerprint density at radius 1 is 1.10 bits per heavy atom. The second-order valence-corrected chi connectivity index (χ2v) is 9.25. The fourth-order valence-electron chi connectivity index (χ4n) is 3.08. The average Bonchev–Trinajstić information content (AvgIpc) is 2.62. The molecule has 0 saturated carbocycles. The largest absolute Gasteiger partial charge is 0.357 e. The minimum absolute atomic E-state index is 0. The summed E-state index contributed by atoms with van der Waals surface area (Å²) >= 11 is 0. The Bertz CT molecular complexity index is 943. The van der Waals surface area contributed by atoms with Gasteiger partial charge in [0.15, 0.2) is 15.8 Å². The highest BCUT2D eigenvalue weighted by Gasteiger charge is 2.11. The first kappa shape index (κ1) is 25.4. The van der Waals surface area contributed by atoms with Gasteiger partial charge in [-0.3, -0.25) is 0 Å². The van der Waals surface area contributed by atoms with Gasteiger partial charge in [0.25, 0.3) is 0 Å². The molecule has 0 radical (unpaired) electrons. The van der Waals surface area contributed by atoms with Crippen molar-refractivity contribution < 1.29 is 8.42 Å². The van der Waals surface area contributed by atoms with Gasteiger partial charge in [0.05, 0.1) is 11.4 Å². The van der Waals surface area contributed by atoms with Crippen molar-refractivity contribution in [2.45, 2.75) is 45.1 Å². The van der Waals surface area contributed by atoms with Gasteiger partial charge >= 0.3 is 0 Å². The lowest BCUT2D eigenvalue weighted by atomic mass is 9.99. The fourth-order valence-corrected chi connectivity index (χ4v) is 4.04. The summed E-state index contributed by atoms with van der Waals surface area (Å²) in [5.74, 6) is 1.12. The van der Waals surface area contributed by atoms with Crippen LogP contribution in [0.3, 0.4) is 0 Å². The van der Waals surface area contributed by atoms with E-state index in [1.165, 1.54) is 17.4 Å². The zero-order valence-electron chi connectivity index (χ0n) is 17.8. The fraction of sp³-hybridized carbons (Fsp3) is 0.409. The molecule has 0 aliphatic rings. The van der Waals surface area contributed by atoms with Crippen molar-refractivity contribution in [3.8, 4) is 0 Å². The molecule has 0 saturated heterocycles. The van der Waals surface area contributed by atoms with E-state index in [4.69, 9.17) is 0 Å². The molecule has 1 atom stereocenters. The summed E-state index contributed by atoms with van der Waals surface area (Å²) in [6.45, 7) is 10.2. The van der Waals surface area contributed by atoms with Gasteiger partial charge in [0.1, 0.15) is 0 Å². The third-order valence-electron chi connectivity index (χ3n) is 4.59. The number of sulfone groups is 1. The van der Waals surface area contributed by atoms with Gasteiger partial charge in [-0.25, -0.2) is 13.4 Å². The third-order valence-corrected chi connectivity index (χ3v) is 5.85. The second-order valence-electron chi connectivity index (χ2n) is 7.26. The van der Waals surface area contributed by atoms with Crippen LogP contribution in [0.5, 0.6) is 0 Å². The molecule has 2 rings (SSSR count). The van der Waals surface area contributed by atoms with Gasteiger partial charge in [-0.05, 0) is 49.4 Å². The predicted molar refractivity (Wildman–Crippen MR) is 132 cm³/mol. The van der Waals surface area contributed by atoms with Crippen LogP contribution in [0.1, 0.15) is 42.0 Å². The van der Waals surface area contributed by atoms with Gasteiger partial charge in [0, 0.05) is 19.3 Å². The molecule has 0 bridgehead atoms. The summed E-state index contributed by atoms with van der Waals surface area (Å²) in [5, 5.41) is 6.67. The molecule has 0 aliphatic carbocycles. The maximum atomic E-state index is 11.8. The lowest BCUT2D eigenvalue weighted by molar-refractivity contribution is 0.601. The van der Waals surface area contributed by atoms with Crippen molar-refractivity contribution in [3.63, 3.8) is 0 Å². The number of rotatable bonds is 7. The zero-order valence-corrected chi connectivity index (χ0v) is 21.0. The molecule has 5 nitrogen and oxygen atoms in total. The van der Waals surface area contributed by atoms with E-state index in [1.807, 2.05) is 26.0 Å². The van der Waals surface area contributed by atoms with E-state index >= 15 is 0 Å². The van der Waals surface area contributed by atoms with E-state index in [0.717, 1.165) is 30.2 Å². The number of halogens is 1. The maximum Gasteiger partial charge on any atom is 0.191 e. The molecule has 2 aromatic carbocycles. The number of aliphatic imine (C=N–C) groups is 1. The highest BCUT2D eigenvalue weighted by atomic mass is 127. The molecule has 2 aromatic rings. The first-order chi connectivity index (χ1) is 13.2. The Balaban J connectivity index is 0.00000420. The topological polar surface area (TPSA) is 70.6 Å². The van der Waals surface area contributed by atoms with E-state index in [2.05, 4.69) is 53.7 Å². The molecule has 7 heteroatoms. The third kappa shape index (κ3) is 7.97. The molecular weight excluding hydrogens is 497 g/mol. The summed E-state index contributed by atoms with van der Waals surface area (Å²) in [7, 11) is -3.20. The average molecular weight is 529 g/mol. The van der Waals surface area contributed by atoms with E-state index in [9.17, 15) is 8.42 Å². The quantitative estimate of drug-likeness (QED) is 0.321. The van der Waals surface area contributed by atoms with Crippen LogP contribution in [-0.2, 0) is 16.4 Å². The standard InChI is InChI=1S/C22H31N3O2S.HI/c1-6-23-22(24-14-18(4)20-9-7-8-16(2)12-20)25-15-19-10-11-21(17(3)13-19)28(5,26)27;/h7-13,18H,6,14-15H2,1-5H3,(H2,23,24,25);1H. The molecule has 0 aromatic heterocycles. The van der Waals surface area contributed by atoms with Gasteiger partial charge in [-0.1, -0.05) is 48.9 Å². The number of aryl methyl sites for hydroxylation is 2. The van der Waals surface area contributed by atoms with E-state index in [0.29, 0.717) is 17.4 Å². The monoisotopic (exact) mass is 529 g/mol. The normalized spacial score (nSPS) is 12.8. The molecule has 0 aliphatic heterocycles. The molecule has 0 amide bonds. The van der Waals surface area contributed by atoms with E-state index < -0.39 is 9.84 Å². The highest BCUT2D eigenvalue weighted by molar-refractivity contribution is 14.0. The van der Waals surface area contributed by atoms with Gasteiger partial charge in [-0.2, -0.15) is 0 Å². The molecule has 160 valence electrons. The van der Waals surface area contributed by atoms with Crippen molar-refractivity contribution in [2.75, 3.05) is 19.3 Å². The number of nitrogens with zero attached hydrogens (tertiary/aromatic N) is 1. The number of guanidine groups is 1. The summed E-state index contributed by atoms with van der Waals surface area (Å²) in [4.78, 5) is 5.02. The Hall–Kier alpha value is -1.61. The molecule has 0 heterocycles. The van der Waals surface area contributed by atoms with Crippen LogP contribution in [0.25, 0.3) is 0 Å². The number of benzene rings is 2. The molecule has 1 unspecified atom stereocenters. The van der Waals surface area contributed by atoms with Gasteiger partial charge in [-0.15, -0.1) is 24.0 Å². The van der Waals surface area contributed by atoms with Crippen molar-refractivity contribution in [1.29, 1.82) is 0 Å². The Morgan fingerprint density at radius 2 is 1.83 bits per heavy atom. The second kappa shape index (κ2) is 11.5. The van der Waals surface area contributed by atoms with Crippen LogP contribution in [0.4, 0.5) is 0 Å². The molecular formula is C22H32IN3O2S. The summed E-state index contributed by atoms with van der Waals surface area (Å²) < 4.78 is 23.5. The number of nitrogens with one attached hydrogen (secondary N) is 2. The minimum Gasteiger partial charge on any atom is -0.357 e. The first-order valence-corrected chi connectivity index (χ1v) is 11.5. The summed E-state index contributed by atoms with van der Waals surface area (Å²) in [6, 6.07) is 13.9. The van der Waals surface area contributed by atoms with E-state index in [-0.39, 0.29) is 24.0 Å². The zero-order chi connectivity index (χ0) is 20.7. The van der Waals surface area contributed by atoms with Crippen molar-refractivity contribution in [3.05, 3.63) is 64.7 Å². The minimum atomic E-state index is -3.20. The summed E-state index contributed by atoms with van der Waals surface area (Å²) in [5.41, 5.74) is 4.29. The molecule has 29 heavy (non-hydrogen) atoms. The molecule has 2 N–H and O–H groups in total. The van der Waals surface area contributed by atoms with Crippen LogP contribution < -0.4 is 10.6 Å². The van der Waals surface area contributed by atoms with Crippen LogP contribution >= 0.6 is 24.0 Å². The summed E-state index contributed by atoms with van der Waals surface area (Å²) in [6.07, 6.45) is 1.23. The van der Waals surface area contributed by atoms with Crippen LogP contribution in [0.2, 0.25) is 0 Å². The smallest absolute Gasteiger partial charge is 0.191 e. The Labute approximate surface area is 192 Å². The number of hydrogen-bond donors (Lipinski definition) is 2. The number of hydrogen-bond acceptors (Lipinski definition) is 3. The molecule has 0 spiro atoms. The van der Waals surface area contributed by atoms with Crippen LogP contribution in [0, 0.1) is 13.8 Å². The van der Waals surface area contributed by atoms with Crippen molar-refractivity contribution in [1.82, 2.24) is 10.6 Å². The maximum absolute atomic E-state index is 11.8. The Kier molecular flexibility index (Phi) is 10.1. The van der Waals surface area contributed by atoms with Crippen molar-refractivity contribution in [2.24, 2.45) is 4.99 Å². The van der Waals surface area contributed by atoms with E-state index in [1.54, 1.807) is 6.07 Å². The van der Waals surface area contributed by atoms with Gasteiger partial charge in [0.2, 0.25) is 0 Å². The SMILES string of the molecule is CCNC(=NCc1ccc(S(C)(=O)=O)c(C)c1)NCC(C)c1cccc(C)c1.I. The highest BCUT2D eigenvalue weighted by Crippen LogP contribution is 2.17. The van der Waals surface area contributed by atoms with Crippen LogP contribution in [-0.4, -0.2) is 33.7 Å². The predicted octanol–water partition coefficient (Wildman–Crippen LogP) is 4.18. The first-order valence-electron chi connectivity index (χ1n) is 9.59. The van der Waals surface area contributed by atoms with Gasteiger partial charge < -0.3 is 10.6 Å².